The van der Waals surface area contributed by atoms with Gasteiger partial charge in [0.25, 0.3) is 0 Å². The van der Waals surface area contributed by atoms with Crippen LogP contribution in [0.4, 0.5) is 0 Å². The van der Waals surface area contributed by atoms with Crippen LogP contribution in [-0.2, 0) is 4.79 Å². The van der Waals surface area contributed by atoms with Crippen LogP contribution >= 0.6 is 0 Å². The molecular weight excluding hydrogens is 879 g/mol. The predicted molar refractivity (Wildman–Crippen MR) is 322 cm³/mol. The predicted octanol–water partition coefficient (Wildman–Crippen LogP) is 21.7. The lowest BCUT2D eigenvalue weighted by Gasteiger charge is -2.19. The van der Waals surface area contributed by atoms with E-state index in [-0.39, 0.29) is 12.5 Å². The van der Waals surface area contributed by atoms with E-state index in [2.05, 4.69) is 79.9 Å². The summed E-state index contributed by atoms with van der Waals surface area (Å²) in [7, 11) is 0. The fraction of sp³-hybridized carbons (Fsp3) is 0.809. The van der Waals surface area contributed by atoms with E-state index in [0.29, 0.717) is 6.42 Å². The maximum atomic E-state index is 12.5. The molecule has 0 aromatic heterocycles. The zero-order valence-corrected chi connectivity index (χ0v) is 48.4. The van der Waals surface area contributed by atoms with Crippen molar-refractivity contribution >= 4 is 5.91 Å². The normalized spacial score (nSPS) is 13.2. The molecular formula is C68H125NO3. The molecule has 0 aliphatic carbocycles. The number of aliphatic hydroxyl groups is 2. The Morgan fingerprint density at radius 2 is 0.625 bits per heavy atom. The first-order valence-corrected chi connectivity index (χ1v) is 32.2. The minimum atomic E-state index is -0.866. The Kier molecular flexibility index (Phi) is 61.2. The number of aliphatic hydroxyl groups excluding tert-OH is 2. The summed E-state index contributed by atoms with van der Waals surface area (Å²) in [5, 5.41) is 23.2. The van der Waals surface area contributed by atoms with Crippen LogP contribution < -0.4 is 5.32 Å². The van der Waals surface area contributed by atoms with Crippen LogP contribution in [-0.4, -0.2) is 34.9 Å². The Bertz CT molecular complexity index is 1230. The summed E-state index contributed by atoms with van der Waals surface area (Å²) in [4.78, 5) is 12.5. The highest BCUT2D eigenvalue weighted by molar-refractivity contribution is 5.76. The van der Waals surface area contributed by atoms with Gasteiger partial charge in [0.1, 0.15) is 0 Å². The molecule has 0 bridgehead atoms. The maximum Gasteiger partial charge on any atom is 0.220 e. The van der Waals surface area contributed by atoms with Gasteiger partial charge < -0.3 is 15.5 Å². The number of carbonyl (C=O) groups is 1. The minimum Gasteiger partial charge on any atom is -0.394 e. The lowest BCUT2D eigenvalue weighted by Crippen LogP contribution is -2.45. The number of hydrogen-bond donors (Lipinski definition) is 3. The van der Waals surface area contributed by atoms with Crippen LogP contribution in [0.1, 0.15) is 335 Å². The molecule has 2 unspecified atom stereocenters. The lowest BCUT2D eigenvalue weighted by atomic mass is 10.0. The summed E-state index contributed by atoms with van der Waals surface area (Å²) in [6, 6.07) is -0.643. The summed E-state index contributed by atoms with van der Waals surface area (Å²) in [5.74, 6) is -0.0713. The van der Waals surface area contributed by atoms with Crippen LogP contribution in [0.5, 0.6) is 0 Å². The third-order valence-electron chi connectivity index (χ3n) is 14.7. The molecule has 0 saturated carbocycles. The highest BCUT2D eigenvalue weighted by atomic mass is 16.3. The van der Waals surface area contributed by atoms with Crippen molar-refractivity contribution in [2.75, 3.05) is 6.61 Å². The van der Waals surface area contributed by atoms with Crippen LogP contribution in [0.25, 0.3) is 0 Å². The second kappa shape index (κ2) is 63.1. The van der Waals surface area contributed by atoms with Crippen molar-refractivity contribution in [3.63, 3.8) is 0 Å². The van der Waals surface area contributed by atoms with Gasteiger partial charge in [0.2, 0.25) is 5.91 Å². The third kappa shape index (κ3) is 58.7. The number of nitrogens with one attached hydrogen (secondary N) is 1. The van der Waals surface area contributed by atoms with E-state index in [1.807, 2.05) is 6.08 Å². The second-order valence-electron chi connectivity index (χ2n) is 21.8. The number of unbranched alkanes of at least 4 members (excludes halogenated alkanes) is 42. The first kappa shape index (κ1) is 69.8. The van der Waals surface area contributed by atoms with Crippen LogP contribution in [0, 0.1) is 0 Å². The topological polar surface area (TPSA) is 69.6 Å². The van der Waals surface area contributed by atoms with E-state index < -0.39 is 12.1 Å². The van der Waals surface area contributed by atoms with Crippen LogP contribution in [0.2, 0.25) is 0 Å². The fourth-order valence-electron chi connectivity index (χ4n) is 9.84. The molecule has 2 atom stereocenters. The Balaban J connectivity index is 3.49. The van der Waals surface area contributed by atoms with Gasteiger partial charge in [0, 0.05) is 6.42 Å². The quantitative estimate of drug-likeness (QED) is 0.0420. The average molecular weight is 1000 g/mol. The van der Waals surface area contributed by atoms with Gasteiger partial charge in [0.05, 0.1) is 18.8 Å². The van der Waals surface area contributed by atoms with Gasteiger partial charge in [-0.25, -0.2) is 0 Å². The summed E-state index contributed by atoms with van der Waals surface area (Å²) >= 11 is 0. The number of amides is 1. The van der Waals surface area contributed by atoms with Gasteiger partial charge in [-0.05, 0) is 70.6 Å². The Morgan fingerprint density at radius 3 is 0.972 bits per heavy atom. The Hall–Kier alpha value is -2.17. The van der Waals surface area contributed by atoms with Gasteiger partial charge >= 0.3 is 0 Å². The summed E-state index contributed by atoms with van der Waals surface area (Å²) in [6.45, 7) is 4.22. The third-order valence-corrected chi connectivity index (χ3v) is 14.7. The van der Waals surface area contributed by atoms with E-state index in [9.17, 15) is 15.0 Å². The number of hydrogen-bond acceptors (Lipinski definition) is 3. The fourth-order valence-corrected chi connectivity index (χ4v) is 9.84. The molecule has 72 heavy (non-hydrogen) atoms. The zero-order valence-electron chi connectivity index (χ0n) is 48.4. The van der Waals surface area contributed by atoms with Gasteiger partial charge in [0.15, 0.2) is 0 Å². The highest BCUT2D eigenvalue weighted by Crippen LogP contribution is 2.18. The molecule has 0 aromatic carbocycles. The van der Waals surface area contributed by atoms with Crippen LogP contribution in [0.15, 0.2) is 72.9 Å². The van der Waals surface area contributed by atoms with Gasteiger partial charge in [-0.2, -0.15) is 0 Å². The van der Waals surface area contributed by atoms with E-state index in [0.717, 1.165) is 57.8 Å². The molecule has 1 amide bonds. The molecule has 4 heteroatoms. The van der Waals surface area contributed by atoms with E-state index in [1.165, 1.54) is 257 Å². The average Bonchev–Trinajstić information content (AvgIpc) is 3.39. The Labute approximate surface area is 450 Å². The van der Waals surface area contributed by atoms with Crippen molar-refractivity contribution in [3.05, 3.63) is 72.9 Å². The van der Waals surface area contributed by atoms with Crippen molar-refractivity contribution in [1.29, 1.82) is 0 Å². The van der Waals surface area contributed by atoms with Gasteiger partial charge in [-0.1, -0.05) is 331 Å². The number of rotatable bonds is 59. The maximum absolute atomic E-state index is 12.5. The molecule has 0 spiro atoms. The van der Waals surface area contributed by atoms with Gasteiger partial charge in [-0.15, -0.1) is 0 Å². The standard InChI is InChI=1S/C68H125NO3/c1-3-5-7-9-11-13-15-17-19-21-23-25-27-29-31-33-34-36-37-39-41-43-45-47-49-51-53-55-57-59-61-63-67(71)66(65-70)69-68(72)64-62-60-58-56-54-52-50-48-46-44-42-40-38-35-32-30-28-26-24-22-20-18-16-14-12-10-8-6-4-2/h6,8,12,14,18,20,24,26,53,55,61,63,66-67,70-71H,3-5,7,9-11,13,15-17,19,21-23,25,27-52,54,56-60,62,64-65H2,1-2H3,(H,69,72)/b8-6-,14-12-,20-18-,26-24-,55-53+,63-61+. The summed E-state index contributed by atoms with van der Waals surface area (Å²) in [6.07, 6.45) is 91.1. The van der Waals surface area contributed by atoms with Gasteiger partial charge in [-0.3, -0.25) is 4.79 Å². The number of carbonyl (C=O) groups excluding carboxylic acids is 1. The van der Waals surface area contributed by atoms with E-state index >= 15 is 0 Å². The number of allylic oxidation sites excluding steroid dienone is 11. The lowest BCUT2D eigenvalue weighted by molar-refractivity contribution is -0.123. The van der Waals surface area contributed by atoms with Crippen molar-refractivity contribution in [2.45, 2.75) is 347 Å². The minimum absolute atomic E-state index is 0.0713. The highest BCUT2D eigenvalue weighted by Gasteiger charge is 2.18. The zero-order chi connectivity index (χ0) is 52.0. The first-order chi connectivity index (χ1) is 35.7. The molecule has 3 N–H and O–H groups in total. The first-order valence-electron chi connectivity index (χ1n) is 32.2. The van der Waals surface area contributed by atoms with Crippen molar-refractivity contribution in [1.82, 2.24) is 5.32 Å². The van der Waals surface area contributed by atoms with E-state index in [1.54, 1.807) is 6.08 Å². The van der Waals surface area contributed by atoms with Crippen molar-refractivity contribution in [3.8, 4) is 0 Å². The SMILES string of the molecule is CC/C=C\C/C=C\C/C=C\C/C=C\CCCCCCCCCCCCCCCCCCC(=O)NC(CO)C(O)/C=C/CC/C=C/CCCCCCCCCCCCCCCCCCCCCCCCCCC. The molecule has 4 nitrogen and oxygen atoms in total. The van der Waals surface area contributed by atoms with Crippen molar-refractivity contribution < 1.29 is 15.0 Å². The Morgan fingerprint density at radius 1 is 0.347 bits per heavy atom. The molecule has 0 radical (unpaired) electrons. The monoisotopic (exact) mass is 1000 g/mol. The second-order valence-corrected chi connectivity index (χ2v) is 21.8. The molecule has 0 rings (SSSR count). The smallest absolute Gasteiger partial charge is 0.220 e. The molecule has 0 aliphatic rings. The largest absolute Gasteiger partial charge is 0.394 e. The molecule has 0 fully saturated rings. The molecule has 0 aromatic rings. The molecule has 0 aliphatic heterocycles. The summed E-state index contributed by atoms with van der Waals surface area (Å²) in [5.41, 5.74) is 0. The van der Waals surface area contributed by atoms with E-state index in [4.69, 9.17) is 0 Å². The van der Waals surface area contributed by atoms with Crippen LogP contribution in [0.3, 0.4) is 0 Å². The van der Waals surface area contributed by atoms with Crippen molar-refractivity contribution in [2.24, 2.45) is 0 Å². The summed E-state index contributed by atoms with van der Waals surface area (Å²) < 4.78 is 0. The molecule has 0 heterocycles. The molecule has 420 valence electrons. The molecule has 0 saturated heterocycles.